The molecule has 14 heavy (non-hydrogen) atoms. The Morgan fingerprint density at radius 3 is 2.50 bits per heavy atom. The molecule has 0 aliphatic heterocycles. The molecule has 0 unspecified atom stereocenters. The summed E-state index contributed by atoms with van der Waals surface area (Å²) in [7, 11) is 1.47. The Morgan fingerprint density at radius 1 is 1.43 bits per heavy atom. The molecule has 0 N–H and O–H groups in total. The number of carbonyl (C=O) groups excluding carboxylic acids is 1. The molecule has 0 aromatic heterocycles. The number of rotatable bonds is 3. The van der Waals surface area contributed by atoms with Gasteiger partial charge in [-0.15, -0.1) is 0 Å². The quantitative estimate of drug-likeness (QED) is 0.693. The minimum Gasteiger partial charge on any atom is -0.497 e. The Bertz CT molecular complexity index is 345. The number of benzene rings is 1. The van der Waals surface area contributed by atoms with Gasteiger partial charge in [0.15, 0.2) is 0 Å². The van der Waals surface area contributed by atoms with Gasteiger partial charge in [0.25, 0.3) is 0 Å². The van der Waals surface area contributed by atoms with E-state index in [1.54, 1.807) is 26.0 Å². The van der Waals surface area contributed by atoms with Crippen molar-refractivity contribution in [1.29, 1.82) is 0 Å². The maximum atomic E-state index is 13.5. The third kappa shape index (κ3) is 1.92. The smallest absolute Gasteiger partial charge is 0.131 e. The molecule has 3 heteroatoms. The average molecular weight is 196 g/mol. The number of carbonyl (C=O) groups is 1. The summed E-state index contributed by atoms with van der Waals surface area (Å²) < 4.78 is 18.3. The van der Waals surface area contributed by atoms with Crippen LogP contribution in [0.15, 0.2) is 18.2 Å². The van der Waals surface area contributed by atoms with Crippen molar-refractivity contribution >= 4 is 6.29 Å². The number of ether oxygens (including phenoxy) is 1. The molecule has 0 heterocycles. The fourth-order valence-corrected chi connectivity index (χ4v) is 1.21. The molecule has 0 fully saturated rings. The zero-order valence-corrected chi connectivity index (χ0v) is 8.50. The summed E-state index contributed by atoms with van der Waals surface area (Å²) in [5.41, 5.74) is -0.413. The molecule has 1 rings (SSSR count). The van der Waals surface area contributed by atoms with E-state index in [-0.39, 0.29) is 0 Å². The lowest BCUT2D eigenvalue weighted by Crippen LogP contribution is -2.20. The number of methoxy groups -OCH3 is 1. The monoisotopic (exact) mass is 196 g/mol. The minimum atomic E-state index is -0.795. The van der Waals surface area contributed by atoms with Gasteiger partial charge in [0, 0.05) is 17.0 Å². The highest BCUT2D eigenvalue weighted by Crippen LogP contribution is 2.26. The summed E-state index contributed by atoms with van der Waals surface area (Å²) in [4.78, 5) is 10.7. The van der Waals surface area contributed by atoms with Gasteiger partial charge in [0.1, 0.15) is 17.9 Å². The van der Waals surface area contributed by atoms with E-state index in [4.69, 9.17) is 4.74 Å². The zero-order chi connectivity index (χ0) is 10.8. The predicted molar refractivity (Wildman–Crippen MR) is 52.0 cm³/mol. The number of aldehydes is 1. The minimum absolute atomic E-state index is 0.383. The van der Waals surface area contributed by atoms with Crippen LogP contribution in [-0.2, 0) is 10.2 Å². The van der Waals surface area contributed by atoms with Crippen molar-refractivity contribution in [2.24, 2.45) is 0 Å². The van der Waals surface area contributed by atoms with Crippen LogP contribution < -0.4 is 4.74 Å². The molecule has 0 saturated heterocycles. The Hall–Kier alpha value is -1.38. The van der Waals surface area contributed by atoms with Gasteiger partial charge in [-0.1, -0.05) is 6.07 Å². The van der Waals surface area contributed by atoms with Crippen LogP contribution in [0.25, 0.3) is 0 Å². The average Bonchev–Trinajstić information content (AvgIpc) is 2.17. The van der Waals surface area contributed by atoms with E-state index in [9.17, 15) is 9.18 Å². The fraction of sp³-hybridized carbons (Fsp3) is 0.364. The second-order valence-corrected chi connectivity index (χ2v) is 3.69. The Balaban J connectivity index is 3.18. The molecule has 0 atom stereocenters. The molecule has 0 aliphatic carbocycles. The van der Waals surface area contributed by atoms with Gasteiger partial charge >= 0.3 is 0 Å². The lowest BCUT2D eigenvalue weighted by atomic mass is 9.86. The Labute approximate surface area is 82.7 Å². The van der Waals surface area contributed by atoms with Crippen LogP contribution in [-0.4, -0.2) is 13.4 Å². The molecule has 0 aliphatic rings. The molecule has 0 radical (unpaired) electrons. The summed E-state index contributed by atoms with van der Waals surface area (Å²) in [5, 5.41) is 0. The first-order valence-corrected chi connectivity index (χ1v) is 4.31. The summed E-state index contributed by atoms with van der Waals surface area (Å²) in [5.74, 6) is 0.0365. The van der Waals surface area contributed by atoms with E-state index < -0.39 is 11.2 Å². The van der Waals surface area contributed by atoms with E-state index in [2.05, 4.69) is 0 Å². The van der Waals surface area contributed by atoms with E-state index in [1.165, 1.54) is 13.2 Å². The molecule has 0 spiro atoms. The lowest BCUT2D eigenvalue weighted by Gasteiger charge is -2.18. The van der Waals surface area contributed by atoms with Crippen LogP contribution in [0.4, 0.5) is 4.39 Å². The third-order valence-corrected chi connectivity index (χ3v) is 2.17. The molecule has 1 aromatic rings. The van der Waals surface area contributed by atoms with Crippen LogP contribution in [0.5, 0.6) is 5.75 Å². The molecule has 0 bridgehead atoms. The summed E-state index contributed by atoms with van der Waals surface area (Å²) in [6.45, 7) is 3.34. The van der Waals surface area contributed by atoms with Gasteiger partial charge in [-0.05, 0) is 19.9 Å². The van der Waals surface area contributed by atoms with Crippen molar-refractivity contribution in [3.05, 3.63) is 29.6 Å². The van der Waals surface area contributed by atoms with Crippen LogP contribution in [0, 0.1) is 5.82 Å². The number of hydrogen-bond acceptors (Lipinski definition) is 2. The molecule has 76 valence electrons. The molecule has 1 aromatic carbocycles. The number of halogens is 1. The van der Waals surface area contributed by atoms with Gasteiger partial charge in [0.2, 0.25) is 0 Å². The van der Waals surface area contributed by atoms with Crippen molar-refractivity contribution in [1.82, 2.24) is 0 Å². The van der Waals surface area contributed by atoms with E-state index in [0.29, 0.717) is 11.3 Å². The topological polar surface area (TPSA) is 26.3 Å². The second-order valence-electron chi connectivity index (χ2n) is 3.69. The van der Waals surface area contributed by atoms with Crippen molar-refractivity contribution in [3.8, 4) is 5.75 Å². The van der Waals surface area contributed by atoms with Crippen LogP contribution in [0.2, 0.25) is 0 Å². The summed E-state index contributed by atoms with van der Waals surface area (Å²) in [6.07, 6.45) is 0.734. The highest BCUT2D eigenvalue weighted by atomic mass is 19.1. The first kappa shape index (κ1) is 10.7. The van der Waals surface area contributed by atoms with Gasteiger partial charge in [-0.25, -0.2) is 4.39 Å². The Kier molecular flexibility index (Phi) is 2.89. The fourth-order valence-electron chi connectivity index (χ4n) is 1.21. The van der Waals surface area contributed by atoms with Crippen molar-refractivity contribution in [2.45, 2.75) is 19.3 Å². The van der Waals surface area contributed by atoms with Crippen LogP contribution in [0.3, 0.4) is 0 Å². The molecule has 2 nitrogen and oxygen atoms in total. The maximum absolute atomic E-state index is 13.5. The van der Waals surface area contributed by atoms with Crippen LogP contribution >= 0.6 is 0 Å². The lowest BCUT2D eigenvalue weighted by molar-refractivity contribution is -0.111. The molecule has 0 amide bonds. The van der Waals surface area contributed by atoms with Gasteiger partial charge in [-0.2, -0.15) is 0 Å². The van der Waals surface area contributed by atoms with Gasteiger partial charge in [-0.3, -0.25) is 0 Å². The standard InChI is InChI=1S/C11H13FO2/c1-11(2,7-13)9-5-4-8(14-3)6-10(9)12/h4-7H,1-3H3. The van der Waals surface area contributed by atoms with Crippen molar-refractivity contribution < 1.29 is 13.9 Å². The molecular weight excluding hydrogens is 183 g/mol. The van der Waals surface area contributed by atoms with E-state index >= 15 is 0 Å². The zero-order valence-electron chi connectivity index (χ0n) is 8.50. The second kappa shape index (κ2) is 3.78. The maximum Gasteiger partial charge on any atom is 0.131 e. The van der Waals surface area contributed by atoms with Gasteiger partial charge in [0.05, 0.1) is 7.11 Å². The highest BCUT2D eigenvalue weighted by Gasteiger charge is 2.23. The third-order valence-electron chi connectivity index (χ3n) is 2.17. The van der Waals surface area contributed by atoms with Gasteiger partial charge < -0.3 is 9.53 Å². The molecule has 0 saturated carbocycles. The summed E-state index contributed by atoms with van der Waals surface area (Å²) >= 11 is 0. The largest absolute Gasteiger partial charge is 0.497 e. The normalized spacial score (nSPS) is 11.1. The van der Waals surface area contributed by atoms with Crippen LogP contribution in [0.1, 0.15) is 19.4 Å². The molecular formula is C11H13FO2. The van der Waals surface area contributed by atoms with E-state index in [1.807, 2.05) is 0 Å². The predicted octanol–water partition coefficient (Wildman–Crippen LogP) is 2.31. The Morgan fingerprint density at radius 2 is 2.07 bits per heavy atom. The summed E-state index contributed by atoms with van der Waals surface area (Å²) in [6, 6.07) is 4.49. The highest BCUT2D eigenvalue weighted by molar-refractivity contribution is 5.67. The first-order chi connectivity index (χ1) is 6.51. The first-order valence-electron chi connectivity index (χ1n) is 4.31. The SMILES string of the molecule is COc1ccc(C(C)(C)C=O)c(F)c1. The number of hydrogen-bond donors (Lipinski definition) is 0. The van der Waals surface area contributed by atoms with E-state index in [0.717, 1.165) is 6.29 Å². The van der Waals surface area contributed by atoms with Crippen molar-refractivity contribution in [2.75, 3.05) is 7.11 Å². The van der Waals surface area contributed by atoms with Crippen molar-refractivity contribution in [3.63, 3.8) is 0 Å².